The fourth-order valence-corrected chi connectivity index (χ4v) is 3.69. The molecule has 0 aliphatic heterocycles. The third-order valence-electron chi connectivity index (χ3n) is 5.42. The van der Waals surface area contributed by atoms with Gasteiger partial charge in [-0.25, -0.2) is 4.79 Å². The number of methoxy groups -OCH3 is 1. The summed E-state index contributed by atoms with van der Waals surface area (Å²) in [5, 5.41) is 11.0. The Balaban J connectivity index is 2.16. The molecule has 5 nitrogen and oxygen atoms in total. The number of carbonyl (C=O) groups is 1. The summed E-state index contributed by atoms with van der Waals surface area (Å²) >= 11 is 0. The van der Waals surface area contributed by atoms with Crippen LogP contribution in [0.2, 0.25) is 0 Å². The molecule has 0 bridgehead atoms. The third kappa shape index (κ3) is 9.64. The molecule has 34 heavy (non-hydrogen) atoms. The second kappa shape index (κ2) is 16.0. The number of benzene rings is 2. The maximum atomic E-state index is 12.2. The van der Waals surface area contributed by atoms with Crippen molar-refractivity contribution in [3.63, 3.8) is 0 Å². The van der Waals surface area contributed by atoms with E-state index >= 15 is 0 Å². The first-order valence-electron chi connectivity index (χ1n) is 12.0. The van der Waals surface area contributed by atoms with Crippen molar-refractivity contribution >= 4 is 5.97 Å². The van der Waals surface area contributed by atoms with Crippen LogP contribution in [0.15, 0.2) is 84.0 Å². The van der Waals surface area contributed by atoms with Gasteiger partial charge < -0.3 is 19.3 Å². The van der Waals surface area contributed by atoms with E-state index in [9.17, 15) is 9.90 Å². The molecule has 2 atom stereocenters. The second-order valence-corrected chi connectivity index (χ2v) is 8.12. The highest BCUT2D eigenvalue weighted by atomic mass is 16.5. The van der Waals surface area contributed by atoms with Crippen LogP contribution in [0, 0.1) is 0 Å². The maximum Gasteiger partial charge on any atom is 0.333 e. The summed E-state index contributed by atoms with van der Waals surface area (Å²) in [7, 11) is 1.39. The highest BCUT2D eigenvalue weighted by Gasteiger charge is 2.22. The monoisotopic (exact) mass is 466 g/mol. The van der Waals surface area contributed by atoms with Gasteiger partial charge in [0.05, 0.1) is 33.0 Å². The van der Waals surface area contributed by atoms with E-state index < -0.39 is 12.2 Å². The number of hydrogen-bond donors (Lipinski definition) is 1. The molecular weight excluding hydrogens is 428 g/mol. The summed E-state index contributed by atoms with van der Waals surface area (Å²) in [5.41, 5.74) is 3.49. The Labute approximate surface area is 204 Å². The molecule has 0 radical (unpaired) electrons. The number of allylic oxidation sites excluding steroid dienone is 1. The molecule has 0 spiro atoms. The van der Waals surface area contributed by atoms with Gasteiger partial charge in [-0.15, -0.1) is 0 Å². The van der Waals surface area contributed by atoms with E-state index in [1.165, 1.54) is 7.11 Å². The molecule has 5 heteroatoms. The SMILES string of the molecule is CC/C=C(/[C@H](O)COCc1ccccc1)[C@@H](C/C=C(\CCC)C(=O)OC)OCc1ccccc1. The van der Waals surface area contributed by atoms with Crippen molar-refractivity contribution in [3.05, 3.63) is 95.1 Å². The molecule has 0 aliphatic carbocycles. The largest absolute Gasteiger partial charge is 0.466 e. The van der Waals surface area contributed by atoms with E-state index in [0.717, 1.165) is 29.5 Å². The van der Waals surface area contributed by atoms with Gasteiger partial charge in [-0.3, -0.25) is 0 Å². The lowest BCUT2D eigenvalue weighted by Crippen LogP contribution is -2.28. The number of aliphatic hydroxyl groups excluding tert-OH is 1. The summed E-state index contributed by atoms with van der Waals surface area (Å²) in [5.74, 6) is -0.323. The molecule has 0 heterocycles. The predicted octanol–water partition coefficient (Wildman–Crippen LogP) is 5.78. The standard InChI is InChI=1S/C29H38O5/c1-4-12-25(29(31)32-3)18-19-28(34-21-24-16-10-7-11-17-24)26(13-5-2)27(30)22-33-20-23-14-8-6-9-15-23/h6-11,13-18,27-28,30H,4-5,12,19-22H2,1-3H3/b25-18+,26-13-/t27-,28-/m1/s1. The number of aliphatic hydroxyl groups is 1. The summed E-state index contributed by atoms with van der Waals surface area (Å²) in [4.78, 5) is 12.2. The van der Waals surface area contributed by atoms with Gasteiger partial charge in [0.15, 0.2) is 0 Å². The van der Waals surface area contributed by atoms with Crippen LogP contribution in [-0.2, 0) is 32.2 Å². The van der Waals surface area contributed by atoms with Crippen molar-refractivity contribution in [2.24, 2.45) is 0 Å². The van der Waals surface area contributed by atoms with E-state index in [1.54, 1.807) is 0 Å². The molecule has 1 N–H and O–H groups in total. The summed E-state index contributed by atoms with van der Waals surface area (Å²) < 4.78 is 17.0. The van der Waals surface area contributed by atoms with Gasteiger partial charge >= 0.3 is 5.97 Å². The Morgan fingerprint density at radius 2 is 1.56 bits per heavy atom. The molecule has 0 saturated heterocycles. The van der Waals surface area contributed by atoms with Crippen molar-refractivity contribution in [3.8, 4) is 0 Å². The lowest BCUT2D eigenvalue weighted by molar-refractivity contribution is -0.136. The zero-order valence-electron chi connectivity index (χ0n) is 20.6. The Morgan fingerprint density at radius 1 is 0.941 bits per heavy atom. The minimum Gasteiger partial charge on any atom is -0.466 e. The number of rotatable bonds is 15. The van der Waals surface area contributed by atoms with Crippen LogP contribution in [0.25, 0.3) is 0 Å². The van der Waals surface area contributed by atoms with Crippen LogP contribution in [0.4, 0.5) is 0 Å². The van der Waals surface area contributed by atoms with Gasteiger partial charge in [0.2, 0.25) is 0 Å². The van der Waals surface area contributed by atoms with Crippen LogP contribution < -0.4 is 0 Å². The first-order valence-corrected chi connectivity index (χ1v) is 12.0. The second-order valence-electron chi connectivity index (χ2n) is 8.12. The Morgan fingerprint density at radius 3 is 2.12 bits per heavy atom. The zero-order valence-corrected chi connectivity index (χ0v) is 20.6. The maximum absolute atomic E-state index is 12.2. The van der Waals surface area contributed by atoms with E-state index in [1.807, 2.05) is 86.7 Å². The van der Waals surface area contributed by atoms with Crippen LogP contribution in [-0.4, -0.2) is 37.0 Å². The molecule has 184 valence electrons. The molecule has 0 saturated carbocycles. The zero-order chi connectivity index (χ0) is 24.6. The van der Waals surface area contributed by atoms with Crippen LogP contribution in [0.3, 0.4) is 0 Å². The molecule has 2 aromatic carbocycles. The van der Waals surface area contributed by atoms with E-state index in [-0.39, 0.29) is 12.6 Å². The molecule has 0 unspecified atom stereocenters. The average molecular weight is 467 g/mol. The summed E-state index contributed by atoms with van der Waals surface area (Å²) in [6.45, 7) is 5.04. The van der Waals surface area contributed by atoms with Gasteiger partial charge in [0.25, 0.3) is 0 Å². The van der Waals surface area contributed by atoms with E-state index in [2.05, 4.69) is 0 Å². The molecule has 2 rings (SSSR count). The first-order chi connectivity index (χ1) is 16.6. The lowest BCUT2D eigenvalue weighted by atomic mass is 9.97. The van der Waals surface area contributed by atoms with Crippen LogP contribution in [0.5, 0.6) is 0 Å². The Hall–Kier alpha value is -2.73. The third-order valence-corrected chi connectivity index (χ3v) is 5.42. The smallest absolute Gasteiger partial charge is 0.333 e. The van der Waals surface area contributed by atoms with Gasteiger partial charge in [-0.05, 0) is 36.0 Å². The fraction of sp³-hybridized carbons (Fsp3) is 0.414. The van der Waals surface area contributed by atoms with Crippen LogP contribution in [0.1, 0.15) is 50.7 Å². The van der Waals surface area contributed by atoms with Crippen molar-refractivity contribution in [1.29, 1.82) is 0 Å². The number of carbonyl (C=O) groups excluding carboxylic acids is 1. The average Bonchev–Trinajstić information content (AvgIpc) is 2.87. The topological polar surface area (TPSA) is 65.0 Å². The predicted molar refractivity (Wildman–Crippen MR) is 135 cm³/mol. The fourth-order valence-electron chi connectivity index (χ4n) is 3.69. The van der Waals surface area contributed by atoms with Gasteiger partial charge in [-0.2, -0.15) is 0 Å². The Kier molecular flexibility index (Phi) is 12.9. The van der Waals surface area contributed by atoms with E-state index in [4.69, 9.17) is 14.2 Å². The molecule has 0 aromatic heterocycles. The minimum absolute atomic E-state index is 0.161. The highest BCUT2D eigenvalue weighted by Crippen LogP contribution is 2.22. The quantitative estimate of drug-likeness (QED) is 0.205. The number of ether oxygens (including phenoxy) is 3. The van der Waals surface area contributed by atoms with Crippen molar-refractivity contribution < 1.29 is 24.1 Å². The molecule has 0 amide bonds. The molecule has 2 aromatic rings. The van der Waals surface area contributed by atoms with Gasteiger partial charge in [0, 0.05) is 5.57 Å². The van der Waals surface area contributed by atoms with Crippen molar-refractivity contribution in [2.75, 3.05) is 13.7 Å². The lowest BCUT2D eigenvalue weighted by Gasteiger charge is -2.25. The van der Waals surface area contributed by atoms with Gasteiger partial charge in [0.1, 0.15) is 6.10 Å². The van der Waals surface area contributed by atoms with E-state index in [0.29, 0.717) is 31.6 Å². The molecular formula is C29H38O5. The van der Waals surface area contributed by atoms with Crippen molar-refractivity contribution in [2.45, 2.75) is 65.0 Å². The molecule has 0 aliphatic rings. The summed E-state index contributed by atoms with van der Waals surface area (Å²) in [6, 6.07) is 19.8. The molecule has 0 fully saturated rings. The number of hydrogen-bond acceptors (Lipinski definition) is 5. The normalized spacial score (nSPS) is 14.0. The first kappa shape index (κ1) is 27.5. The van der Waals surface area contributed by atoms with Crippen molar-refractivity contribution in [1.82, 2.24) is 0 Å². The summed E-state index contributed by atoms with van der Waals surface area (Å²) in [6.07, 6.45) is 5.34. The number of esters is 1. The Bertz CT molecular complexity index is 889. The van der Waals surface area contributed by atoms with Gasteiger partial charge in [-0.1, -0.05) is 93.1 Å². The minimum atomic E-state index is -0.814. The van der Waals surface area contributed by atoms with Crippen LogP contribution >= 0.6 is 0 Å². The highest BCUT2D eigenvalue weighted by molar-refractivity contribution is 5.88.